The van der Waals surface area contributed by atoms with Crippen LogP contribution in [0.5, 0.6) is 5.75 Å². The Balaban J connectivity index is 1.26. The minimum atomic E-state index is -1.63. The van der Waals surface area contributed by atoms with Gasteiger partial charge < -0.3 is 19.5 Å². The first-order valence-corrected chi connectivity index (χ1v) is 18.5. The molecule has 0 saturated heterocycles. The zero-order chi connectivity index (χ0) is 32.2. The van der Waals surface area contributed by atoms with Gasteiger partial charge in [-0.2, -0.15) is 10.2 Å². The predicted molar refractivity (Wildman–Crippen MR) is 190 cm³/mol. The molecular formula is C36H36ClN5O3S2. The van der Waals surface area contributed by atoms with Crippen LogP contribution in [0.2, 0.25) is 5.02 Å². The summed E-state index contributed by atoms with van der Waals surface area (Å²) in [5.41, 5.74) is 8.71. The number of halogens is 1. The minimum Gasteiger partial charge on any atom is -0.493 e. The van der Waals surface area contributed by atoms with Gasteiger partial charge in [0, 0.05) is 76.1 Å². The number of rotatable bonds is 1. The van der Waals surface area contributed by atoms with E-state index in [0.29, 0.717) is 35.9 Å². The van der Waals surface area contributed by atoms with Crippen molar-refractivity contribution < 1.29 is 14.9 Å². The molecule has 242 valence electrons. The van der Waals surface area contributed by atoms with E-state index in [1.165, 1.54) is 11.4 Å². The summed E-state index contributed by atoms with van der Waals surface area (Å²) in [6.45, 7) is 1.37. The van der Waals surface area contributed by atoms with Crippen molar-refractivity contribution in [2.24, 2.45) is 14.1 Å². The zero-order valence-corrected chi connectivity index (χ0v) is 28.8. The molecule has 0 unspecified atom stereocenters. The van der Waals surface area contributed by atoms with Gasteiger partial charge in [0.1, 0.15) is 5.75 Å². The third-order valence-corrected chi connectivity index (χ3v) is 11.7. The van der Waals surface area contributed by atoms with Crippen LogP contribution in [0.3, 0.4) is 0 Å². The number of nitrogens with zero attached hydrogens (tertiary/aromatic N) is 5. The highest BCUT2D eigenvalue weighted by Crippen LogP contribution is 2.45. The zero-order valence-electron chi connectivity index (χ0n) is 26.4. The summed E-state index contributed by atoms with van der Waals surface area (Å²) in [5, 5.41) is 35.1. The van der Waals surface area contributed by atoms with E-state index in [9.17, 15) is 10.2 Å². The molecule has 11 heteroatoms. The fourth-order valence-electron chi connectivity index (χ4n) is 7.30. The van der Waals surface area contributed by atoms with Crippen LogP contribution in [0.4, 0.5) is 0 Å². The number of hydrogen-bond acceptors (Lipinski definition) is 7. The molecule has 0 amide bonds. The number of ether oxygens (including phenoxy) is 1. The maximum atomic E-state index is 10.7. The van der Waals surface area contributed by atoms with Gasteiger partial charge in [0.2, 0.25) is 0 Å². The number of aliphatic hydroxyl groups excluding tert-OH is 1. The Labute approximate surface area is 286 Å². The molecule has 47 heavy (non-hydrogen) atoms. The van der Waals surface area contributed by atoms with Gasteiger partial charge in [0.25, 0.3) is 0 Å². The van der Waals surface area contributed by atoms with Gasteiger partial charge in [0.05, 0.1) is 34.2 Å². The molecule has 0 fully saturated rings. The first-order valence-electron chi connectivity index (χ1n) is 16.0. The molecule has 2 aliphatic heterocycles. The lowest BCUT2D eigenvalue weighted by molar-refractivity contribution is -0.0481. The van der Waals surface area contributed by atoms with E-state index in [1.54, 1.807) is 23.5 Å². The molecule has 8 bridgehead atoms. The molecular weight excluding hydrogens is 650 g/mol. The predicted octanol–water partition coefficient (Wildman–Crippen LogP) is 7.56. The molecule has 0 radical (unpaired) electrons. The molecule has 0 saturated carbocycles. The van der Waals surface area contributed by atoms with Crippen LogP contribution >= 0.6 is 35.1 Å². The fraction of sp³-hybridized carbons (Fsp3) is 0.333. The Morgan fingerprint density at radius 3 is 2.66 bits per heavy atom. The summed E-state index contributed by atoms with van der Waals surface area (Å²) in [6.07, 6.45) is 1.66. The lowest BCUT2D eigenvalue weighted by Gasteiger charge is -2.13. The quantitative estimate of drug-likeness (QED) is 0.173. The molecule has 0 spiro atoms. The maximum Gasteiger partial charge on any atom is 0.194 e. The molecule has 2 aliphatic rings. The minimum absolute atomic E-state index is 0.485. The van der Waals surface area contributed by atoms with Crippen molar-refractivity contribution in [2.45, 2.75) is 60.7 Å². The average molecular weight is 686 g/mol. The standard InChI is InChI=1S/C36H36ClN5O3S2/c1-40-34-27-11-12-28(37)32(34)33-29(39-42-13-5-10-30(33)42)20-46-18-22-16-23(41(2)38-22)19-47-24-15-21-7-3-4-8-25(21)31(17-24)45-14-6-9-26(27)35(40)36(43)44/h3-4,7-8,11-12,15-17,36,43-44H,5-6,9-10,13-14,18-20H2,1-2H3. The second-order valence-electron chi connectivity index (χ2n) is 12.3. The average Bonchev–Trinajstić information content (AvgIpc) is 3.80. The van der Waals surface area contributed by atoms with Gasteiger partial charge in [0.15, 0.2) is 6.29 Å². The van der Waals surface area contributed by atoms with Crippen molar-refractivity contribution >= 4 is 56.8 Å². The van der Waals surface area contributed by atoms with Gasteiger partial charge in [-0.15, -0.1) is 23.5 Å². The normalized spacial score (nSPS) is 15.6. The van der Waals surface area contributed by atoms with Gasteiger partial charge >= 0.3 is 0 Å². The Morgan fingerprint density at radius 1 is 0.915 bits per heavy atom. The number of aliphatic hydroxyl groups is 2. The monoisotopic (exact) mass is 685 g/mol. The number of thioether (sulfide) groups is 2. The van der Waals surface area contributed by atoms with Crippen LogP contribution in [0.25, 0.3) is 32.8 Å². The molecule has 3 aromatic carbocycles. The molecule has 3 aromatic heterocycles. The summed E-state index contributed by atoms with van der Waals surface area (Å²) in [5.74, 6) is 3.14. The lowest BCUT2D eigenvalue weighted by atomic mass is 9.97. The first-order chi connectivity index (χ1) is 22.9. The number of aryl methyl sites for hydroxylation is 4. The lowest BCUT2D eigenvalue weighted by Crippen LogP contribution is -2.07. The van der Waals surface area contributed by atoms with Gasteiger partial charge in [-0.05, 0) is 60.9 Å². The Morgan fingerprint density at radius 2 is 1.79 bits per heavy atom. The molecule has 6 aromatic rings. The third-order valence-electron chi connectivity index (χ3n) is 9.40. The molecule has 0 aliphatic carbocycles. The maximum absolute atomic E-state index is 10.7. The van der Waals surface area contributed by atoms with Crippen LogP contribution in [-0.2, 0) is 50.7 Å². The van der Waals surface area contributed by atoms with Crippen LogP contribution in [0, 0.1) is 0 Å². The smallest absolute Gasteiger partial charge is 0.194 e. The SMILES string of the molecule is Cn1nc2cc1CSc1cc(c3ccccc3c1)OCCCc1c(C(O)O)n(C)c3c(c(Cl)ccc13)-c1c(nn3c1CCC3)CSC2. The van der Waals surface area contributed by atoms with Crippen LogP contribution in [-0.4, -0.2) is 40.9 Å². The number of aromatic nitrogens is 5. The Kier molecular flexibility index (Phi) is 8.25. The first kappa shape index (κ1) is 30.9. The van der Waals surface area contributed by atoms with E-state index in [-0.39, 0.29) is 0 Å². The van der Waals surface area contributed by atoms with Gasteiger partial charge in [-0.25, -0.2) is 0 Å². The molecule has 8 rings (SSSR count). The van der Waals surface area contributed by atoms with E-state index < -0.39 is 6.29 Å². The second kappa shape index (κ2) is 12.6. The van der Waals surface area contributed by atoms with Gasteiger partial charge in [-0.3, -0.25) is 9.36 Å². The third kappa shape index (κ3) is 5.54. The summed E-state index contributed by atoms with van der Waals surface area (Å²) >= 11 is 10.7. The number of hydrogen-bond donors (Lipinski definition) is 2. The summed E-state index contributed by atoms with van der Waals surface area (Å²) in [7, 11) is 3.92. The van der Waals surface area contributed by atoms with Crippen LogP contribution < -0.4 is 4.74 Å². The summed E-state index contributed by atoms with van der Waals surface area (Å²) in [4.78, 5) is 1.14. The van der Waals surface area contributed by atoms with Crippen molar-refractivity contribution in [2.75, 3.05) is 6.61 Å². The van der Waals surface area contributed by atoms with Crippen molar-refractivity contribution in [1.29, 1.82) is 0 Å². The van der Waals surface area contributed by atoms with E-state index in [4.69, 9.17) is 26.5 Å². The van der Waals surface area contributed by atoms with Crippen LogP contribution in [0.1, 0.15) is 53.2 Å². The highest BCUT2D eigenvalue weighted by molar-refractivity contribution is 7.98. The van der Waals surface area contributed by atoms with E-state index in [1.807, 2.05) is 41.5 Å². The largest absolute Gasteiger partial charge is 0.493 e. The van der Waals surface area contributed by atoms with Crippen molar-refractivity contribution in [1.82, 2.24) is 24.1 Å². The van der Waals surface area contributed by atoms with Crippen molar-refractivity contribution in [3.63, 3.8) is 0 Å². The van der Waals surface area contributed by atoms with Crippen molar-refractivity contribution in [3.8, 4) is 16.9 Å². The number of fused-ring (bicyclic) bond motifs is 10. The highest BCUT2D eigenvalue weighted by Gasteiger charge is 2.29. The topological polar surface area (TPSA) is 90.3 Å². The van der Waals surface area contributed by atoms with E-state index in [2.05, 4.69) is 41.1 Å². The second-order valence-corrected chi connectivity index (χ2v) is 14.8. The fourth-order valence-corrected chi connectivity index (χ4v) is 9.38. The summed E-state index contributed by atoms with van der Waals surface area (Å²) < 4.78 is 12.5. The highest BCUT2D eigenvalue weighted by atomic mass is 35.5. The van der Waals surface area contributed by atoms with E-state index in [0.717, 1.165) is 91.3 Å². The Bertz CT molecular complexity index is 2150. The molecule has 0 atom stereocenters. The molecule has 2 N–H and O–H groups in total. The van der Waals surface area contributed by atoms with Crippen LogP contribution in [0.15, 0.2) is 59.5 Å². The summed E-state index contributed by atoms with van der Waals surface area (Å²) in [6, 6.07) is 18.9. The van der Waals surface area contributed by atoms with E-state index >= 15 is 0 Å². The Hall–Kier alpha value is -3.41. The molecule has 8 nitrogen and oxygen atoms in total. The van der Waals surface area contributed by atoms with Crippen molar-refractivity contribution in [3.05, 3.63) is 93.7 Å². The molecule has 5 heterocycles. The number of benzene rings is 3. The van der Waals surface area contributed by atoms with Gasteiger partial charge in [-0.1, -0.05) is 41.9 Å².